The average molecular weight is 199 g/mol. The molecule has 1 aromatic heterocycles. The molecule has 0 amide bonds. The number of hydrogen-bond donors (Lipinski definition) is 2. The maximum Gasteiger partial charge on any atom is 0.135 e. The topological polar surface area (TPSA) is 55.5 Å². The molecule has 1 aliphatic rings. The molecule has 1 aliphatic heterocycles. The lowest BCUT2D eigenvalue weighted by atomic mass is 9.91. The van der Waals surface area contributed by atoms with Crippen molar-refractivity contribution in [3.8, 4) is 5.75 Å². The third-order valence-corrected chi connectivity index (χ3v) is 3.38. The number of aliphatic hydroxyl groups is 1. The first-order valence-corrected chi connectivity index (χ1v) is 5.10. The molecule has 2 atom stereocenters. The maximum absolute atomic E-state index is 9.83. The second-order valence-corrected chi connectivity index (χ2v) is 4.77. The Kier molecular flexibility index (Phi) is 1.87. The Morgan fingerprint density at radius 2 is 2.31 bits per heavy atom. The van der Waals surface area contributed by atoms with Crippen LogP contribution in [0.1, 0.15) is 24.8 Å². The molecule has 72 valence electrons. The third-order valence-electron chi connectivity index (χ3n) is 2.39. The Morgan fingerprint density at radius 3 is 3.00 bits per heavy atom. The molecule has 0 aromatic carbocycles. The van der Waals surface area contributed by atoms with E-state index in [1.165, 1.54) is 11.3 Å². The molecule has 0 saturated heterocycles. The highest BCUT2D eigenvalue weighted by atomic mass is 32.1. The fraction of sp³-hybridized carbons (Fsp3) is 0.556. The van der Waals surface area contributed by atoms with E-state index >= 15 is 0 Å². The zero-order chi connectivity index (χ0) is 9.64. The number of hydrogen-bond acceptors (Lipinski definition) is 4. The molecule has 0 saturated carbocycles. The van der Waals surface area contributed by atoms with Gasteiger partial charge in [0.05, 0.1) is 10.9 Å². The summed E-state index contributed by atoms with van der Waals surface area (Å²) < 4.78 is 5.62. The van der Waals surface area contributed by atoms with Crippen LogP contribution in [0.3, 0.4) is 0 Å². The molecule has 0 aliphatic carbocycles. The summed E-state index contributed by atoms with van der Waals surface area (Å²) in [5.41, 5.74) is 5.30. The summed E-state index contributed by atoms with van der Waals surface area (Å²) in [5, 5.41) is 11.8. The molecular weight excluding hydrogens is 186 g/mol. The Hall–Kier alpha value is -0.580. The minimum absolute atomic E-state index is 0.321. The van der Waals surface area contributed by atoms with E-state index < -0.39 is 11.7 Å². The molecule has 0 unspecified atom stereocenters. The first-order valence-electron chi connectivity index (χ1n) is 4.22. The van der Waals surface area contributed by atoms with E-state index in [2.05, 4.69) is 0 Å². The molecule has 3 nitrogen and oxygen atoms in total. The van der Waals surface area contributed by atoms with Crippen molar-refractivity contribution in [3.63, 3.8) is 0 Å². The fourth-order valence-electron chi connectivity index (χ4n) is 1.56. The van der Waals surface area contributed by atoms with Crippen LogP contribution < -0.4 is 10.5 Å². The summed E-state index contributed by atoms with van der Waals surface area (Å²) in [4.78, 5) is 0.937. The van der Waals surface area contributed by atoms with Crippen LogP contribution >= 0.6 is 11.3 Å². The lowest BCUT2D eigenvalue weighted by Crippen LogP contribution is -2.50. The second-order valence-electron chi connectivity index (χ2n) is 3.83. The first kappa shape index (κ1) is 8.99. The van der Waals surface area contributed by atoms with E-state index in [0.717, 1.165) is 10.6 Å². The minimum atomic E-state index is -0.640. The van der Waals surface area contributed by atoms with Crippen LogP contribution in [0.5, 0.6) is 5.75 Å². The summed E-state index contributed by atoms with van der Waals surface area (Å²) >= 11 is 1.53. The molecular formula is C9H13NO2S. The Bertz CT molecular complexity index is 321. The SMILES string of the molecule is CC1(C)Oc2ccsc2[C@@H](N)[C@H]1O. The zero-order valence-electron chi connectivity index (χ0n) is 7.65. The number of nitrogens with two attached hydrogens (primary N) is 1. The number of ether oxygens (including phenoxy) is 1. The predicted octanol–water partition coefficient (Wildman–Crippen LogP) is 1.28. The van der Waals surface area contributed by atoms with Gasteiger partial charge in [-0.3, -0.25) is 0 Å². The third kappa shape index (κ3) is 1.25. The fourth-order valence-corrected chi connectivity index (χ4v) is 2.41. The standard InChI is InChI=1S/C9H13NO2S/c1-9(2)8(11)6(10)7-5(12-9)3-4-13-7/h3-4,6,8,11H,10H2,1-2H3/t6-,8-/m1/s1. The predicted molar refractivity (Wildman–Crippen MR) is 52.0 cm³/mol. The molecule has 0 fully saturated rings. The van der Waals surface area contributed by atoms with Crippen LogP contribution in [0.2, 0.25) is 0 Å². The van der Waals surface area contributed by atoms with E-state index in [9.17, 15) is 5.11 Å². The van der Waals surface area contributed by atoms with Crippen molar-refractivity contribution in [2.75, 3.05) is 0 Å². The van der Waals surface area contributed by atoms with Crippen molar-refractivity contribution < 1.29 is 9.84 Å². The quantitative estimate of drug-likeness (QED) is 0.661. The molecule has 0 radical (unpaired) electrons. The summed E-state index contributed by atoms with van der Waals surface area (Å²) in [7, 11) is 0. The van der Waals surface area contributed by atoms with Gasteiger partial charge in [0.25, 0.3) is 0 Å². The summed E-state index contributed by atoms with van der Waals surface area (Å²) in [6, 6.07) is 1.58. The molecule has 0 bridgehead atoms. The highest BCUT2D eigenvalue weighted by Gasteiger charge is 2.41. The molecule has 1 aromatic rings. The Labute approximate surface area is 81.1 Å². The van der Waals surface area contributed by atoms with Crippen LogP contribution in [0.4, 0.5) is 0 Å². The van der Waals surface area contributed by atoms with Crippen LogP contribution in [0.15, 0.2) is 11.4 Å². The van der Waals surface area contributed by atoms with Crippen LogP contribution in [0.25, 0.3) is 0 Å². The number of thiophene rings is 1. The van der Waals surface area contributed by atoms with E-state index in [1.807, 2.05) is 25.3 Å². The molecule has 2 heterocycles. The molecule has 13 heavy (non-hydrogen) atoms. The summed E-state index contributed by atoms with van der Waals surface area (Å²) in [6.07, 6.45) is -0.640. The lowest BCUT2D eigenvalue weighted by Gasteiger charge is -2.39. The molecule has 2 rings (SSSR count). The van der Waals surface area contributed by atoms with Gasteiger partial charge >= 0.3 is 0 Å². The molecule has 3 N–H and O–H groups in total. The maximum atomic E-state index is 9.83. The van der Waals surface area contributed by atoms with Crippen molar-refractivity contribution in [2.45, 2.75) is 31.6 Å². The smallest absolute Gasteiger partial charge is 0.135 e. The van der Waals surface area contributed by atoms with Gasteiger partial charge in [-0.25, -0.2) is 0 Å². The zero-order valence-corrected chi connectivity index (χ0v) is 8.47. The average Bonchev–Trinajstić information content (AvgIpc) is 2.47. The van der Waals surface area contributed by atoms with Crippen molar-refractivity contribution >= 4 is 11.3 Å². The van der Waals surface area contributed by atoms with E-state index in [4.69, 9.17) is 10.5 Å². The largest absolute Gasteiger partial charge is 0.484 e. The van der Waals surface area contributed by atoms with Gasteiger partial charge in [0.1, 0.15) is 17.5 Å². The minimum Gasteiger partial charge on any atom is -0.484 e. The monoisotopic (exact) mass is 199 g/mol. The molecule has 0 spiro atoms. The van der Waals surface area contributed by atoms with Crippen LogP contribution in [-0.2, 0) is 0 Å². The van der Waals surface area contributed by atoms with Crippen LogP contribution in [-0.4, -0.2) is 16.8 Å². The van der Waals surface area contributed by atoms with Gasteiger partial charge in [-0.2, -0.15) is 0 Å². The van der Waals surface area contributed by atoms with E-state index in [1.54, 1.807) is 0 Å². The van der Waals surface area contributed by atoms with Crippen LogP contribution in [0, 0.1) is 0 Å². The lowest BCUT2D eigenvalue weighted by molar-refractivity contribution is -0.0556. The number of fused-ring (bicyclic) bond motifs is 1. The van der Waals surface area contributed by atoms with Gasteiger partial charge in [0.2, 0.25) is 0 Å². The van der Waals surface area contributed by atoms with Crippen molar-refractivity contribution in [2.24, 2.45) is 5.73 Å². The van der Waals surface area contributed by atoms with Crippen molar-refractivity contribution in [3.05, 3.63) is 16.3 Å². The summed E-state index contributed by atoms with van der Waals surface area (Å²) in [6.45, 7) is 3.69. The Balaban J connectivity index is 2.44. The summed E-state index contributed by atoms with van der Waals surface area (Å²) in [5.74, 6) is 0.813. The molecule has 4 heteroatoms. The van der Waals surface area contributed by atoms with E-state index in [-0.39, 0.29) is 6.04 Å². The van der Waals surface area contributed by atoms with Gasteiger partial charge in [-0.15, -0.1) is 11.3 Å². The number of aliphatic hydroxyl groups excluding tert-OH is 1. The van der Waals surface area contributed by atoms with E-state index in [0.29, 0.717) is 0 Å². The highest BCUT2D eigenvalue weighted by Crippen LogP contribution is 2.41. The number of rotatable bonds is 0. The van der Waals surface area contributed by atoms with Gasteiger partial charge in [-0.05, 0) is 25.3 Å². The normalized spacial score (nSPS) is 30.8. The highest BCUT2D eigenvalue weighted by molar-refractivity contribution is 7.10. The Morgan fingerprint density at radius 1 is 1.62 bits per heavy atom. The second kappa shape index (κ2) is 2.70. The van der Waals surface area contributed by atoms with Gasteiger partial charge in [0.15, 0.2) is 0 Å². The van der Waals surface area contributed by atoms with Gasteiger partial charge in [-0.1, -0.05) is 0 Å². The van der Waals surface area contributed by atoms with Crippen molar-refractivity contribution in [1.29, 1.82) is 0 Å². The van der Waals surface area contributed by atoms with Gasteiger partial charge < -0.3 is 15.6 Å². The van der Waals surface area contributed by atoms with Gasteiger partial charge in [0, 0.05) is 0 Å². The van der Waals surface area contributed by atoms with Crippen molar-refractivity contribution in [1.82, 2.24) is 0 Å². The first-order chi connectivity index (χ1) is 6.02.